The molecule has 1 heterocycles. The minimum absolute atomic E-state index is 0.586. The highest BCUT2D eigenvalue weighted by Crippen LogP contribution is 2.29. The lowest BCUT2D eigenvalue weighted by molar-refractivity contribution is 1.47. The molecule has 0 spiro atoms. The van der Waals surface area contributed by atoms with E-state index < -0.39 is 0 Å². The van der Waals surface area contributed by atoms with E-state index in [2.05, 4.69) is 27.6 Å². The first-order valence-electron chi connectivity index (χ1n) is 3.30. The second kappa shape index (κ2) is 3.09. The molecule has 2 rings (SSSR count). The van der Waals surface area contributed by atoms with Gasteiger partial charge in [0.2, 0.25) is 0 Å². The Labute approximate surface area is 93.2 Å². The standard InChI is InChI=1S/C8H4Cl2IN/c9-5-1-4-7(11)3-12-8(4)2-6(5)10/h1-3,12H. The maximum Gasteiger partial charge on any atom is 0.0613 e. The third-order valence-electron chi connectivity index (χ3n) is 1.67. The Bertz CT molecular complexity index is 436. The number of halogens is 3. The second-order valence-electron chi connectivity index (χ2n) is 2.45. The number of aromatic amines is 1. The molecule has 0 atom stereocenters. The summed E-state index contributed by atoms with van der Waals surface area (Å²) in [6, 6.07) is 3.71. The van der Waals surface area contributed by atoms with Gasteiger partial charge in [-0.2, -0.15) is 0 Å². The van der Waals surface area contributed by atoms with Gasteiger partial charge < -0.3 is 4.98 Å². The van der Waals surface area contributed by atoms with E-state index in [1.165, 1.54) is 0 Å². The molecule has 12 heavy (non-hydrogen) atoms. The zero-order valence-corrected chi connectivity index (χ0v) is 9.54. The summed E-state index contributed by atoms with van der Waals surface area (Å²) in [4.78, 5) is 3.11. The third kappa shape index (κ3) is 1.32. The molecule has 1 aromatic heterocycles. The molecule has 1 aromatic carbocycles. The summed E-state index contributed by atoms with van der Waals surface area (Å²) < 4.78 is 1.15. The lowest BCUT2D eigenvalue weighted by Gasteiger charge is -1.95. The molecule has 0 bridgehead atoms. The topological polar surface area (TPSA) is 15.8 Å². The summed E-state index contributed by atoms with van der Waals surface area (Å²) in [6.07, 6.45) is 1.93. The number of hydrogen-bond donors (Lipinski definition) is 1. The van der Waals surface area contributed by atoms with E-state index in [1.807, 2.05) is 18.3 Å². The first-order valence-corrected chi connectivity index (χ1v) is 5.13. The van der Waals surface area contributed by atoms with Gasteiger partial charge >= 0.3 is 0 Å². The average Bonchev–Trinajstić information content (AvgIpc) is 2.35. The molecular weight excluding hydrogens is 308 g/mol. The molecule has 62 valence electrons. The zero-order chi connectivity index (χ0) is 8.72. The maximum absolute atomic E-state index is 5.87. The van der Waals surface area contributed by atoms with Crippen LogP contribution in [0.2, 0.25) is 10.0 Å². The van der Waals surface area contributed by atoms with Crippen molar-refractivity contribution >= 4 is 56.7 Å². The summed E-state index contributed by atoms with van der Waals surface area (Å²) in [5.41, 5.74) is 1.02. The highest BCUT2D eigenvalue weighted by molar-refractivity contribution is 14.1. The lowest BCUT2D eigenvalue weighted by Crippen LogP contribution is -1.71. The van der Waals surface area contributed by atoms with Crippen LogP contribution >= 0.6 is 45.8 Å². The number of hydrogen-bond acceptors (Lipinski definition) is 0. The lowest BCUT2D eigenvalue weighted by atomic mass is 10.2. The molecule has 0 saturated heterocycles. The average molecular weight is 312 g/mol. The first kappa shape index (κ1) is 8.66. The number of fused-ring (bicyclic) bond motifs is 1. The van der Waals surface area contributed by atoms with Crippen molar-refractivity contribution in [2.75, 3.05) is 0 Å². The number of aromatic nitrogens is 1. The number of benzene rings is 1. The molecule has 2 aromatic rings. The van der Waals surface area contributed by atoms with Crippen LogP contribution in [0.25, 0.3) is 10.9 Å². The van der Waals surface area contributed by atoms with Crippen molar-refractivity contribution in [1.82, 2.24) is 4.98 Å². The first-order chi connectivity index (χ1) is 5.68. The Morgan fingerprint density at radius 1 is 1.17 bits per heavy atom. The molecule has 0 saturated carbocycles. The molecular formula is C8H4Cl2IN. The fraction of sp³-hybridized carbons (Fsp3) is 0. The van der Waals surface area contributed by atoms with Crippen LogP contribution in [-0.2, 0) is 0 Å². The van der Waals surface area contributed by atoms with Gasteiger partial charge in [-0.1, -0.05) is 23.2 Å². The van der Waals surface area contributed by atoms with Crippen LogP contribution in [0.15, 0.2) is 18.3 Å². The van der Waals surface area contributed by atoms with Crippen LogP contribution in [0.1, 0.15) is 0 Å². The summed E-state index contributed by atoms with van der Waals surface area (Å²) >= 11 is 14.0. The van der Waals surface area contributed by atoms with Crippen LogP contribution in [0.4, 0.5) is 0 Å². The molecule has 0 aliphatic heterocycles. The predicted octanol–water partition coefficient (Wildman–Crippen LogP) is 4.08. The van der Waals surface area contributed by atoms with Crippen molar-refractivity contribution in [3.05, 3.63) is 31.9 Å². The van der Waals surface area contributed by atoms with Gasteiger partial charge in [-0.15, -0.1) is 0 Å². The summed E-state index contributed by atoms with van der Waals surface area (Å²) in [5.74, 6) is 0. The fourth-order valence-electron chi connectivity index (χ4n) is 1.08. The number of H-pyrrole nitrogens is 1. The van der Waals surface area contributed by atoms with E-state index in [4.69, 9.17) is 23.2 Å². The molecule has 0 fully saturated rings. The van der Waals surface area contributed by atoms with Crippen molar-refractivity contribution in [2.24, 2.45) is 0 Å². The zero-order valence-electron chi connectivity index (χ0n) is 5.87. The normalized spacial score (nSPS) is 10.9. The molecule has 0 aliphatic rings. The van der Waals surface area contributed by atoms with Gasteiger partial charge in [0.05, 0.1) is 10.0 Å². The monoisotopic (exact) mass is 311 g/mol. The molecule has 1 nitrogen and oxygen atoms in total. The quantitative estimate of drug-likeness (QED) is 0.706. The number of nitrogens with one attached hydrogen (secondary N) is 1. The van der Waals surface area contributed by atoms with Crippen molar-refractivity contribution in [1.29, 1.82) is 0 Å². The molecule has 0 aliphatic carbocycles. The van der Waals surface area contributed by atoms with Crippen LogP contribution < -0.4 is 0 Å². The van der Waals surface area contributed by atoms with E-state index in [0.29, 0.717) is 10.0 Å². The van der Waals surface area contributed by atoms with Gasteiger partial charge in [0.25, 0.3) is 0 Å². The van der Waals surface area contributed by atoms with E-state index >= 15 is 0 Å². The van der Waals surface area contributed by atoms with E-state index in [9.17, 15) is 0 Å². The van der Waals surface area contributed by atoms with Crippen molar-refractivity contribution in [2.45, 2.75) is 0 Å². The molecule has 0 amide bonds. The Morgan fingerprint density at radius 2 is 1.83 bits per heavy atom. The minimum Gasteiger partial charge on any atom is -0.360 e. The Hall–Kier alpha value is 0.0700. The van der Waals surface area contributed by atoms with Gasteiger partial charge in [0.15, 0.2) is 0 Å². The fourth-order valence-corrected chi connectivity index (χ4v) is 2.01. The van der Waals surface area contributed by atoms with Gasteiger partial charge in [0.1, 0.15) is 0 Å². The van der Waals surface area contributed by atoms with Crippen LogP contribution in [0.5, 0.6) is 0 Å². The summed E-state index contributed by atoms with van der Waals surface area (Å²) in [5, 5.41) is 2.30. The predicted molar refractivity (Wildman–Crippen MR) is 61.0 cm³/mol. The number of rotatable bonds is 0. The van der Waals surface area contributed by atoms with E-state index in [0.717, 1.165) is 14.5 Å². The smallest absolute Gasteiger partial charge is 0.0613 e. The van der Waals surface area contributed by atoms with Gasteiger partial charge in [-0.05, 0) is 34.7 Å². The molecule has 1 N–H and O–H groups in total. The molecule has 4 heteroatoms. The minimum atomic E-state index is 0.586. The largest absolute Gasteiger partial charge is 0.360 e. The van der Waals surface area contributed by atoms with E-state index in [1.54, 1.807) is 0 Å². The summed E-state index contributed by atoms with van der Waals surface area (Å²) in [7, 11) is 0. The highest BCUT2D eigenvalue weighted by Gasteiger charge is 2.04. The van der Waals surface area contributed by atoms with Crippen LogP contribution in [-0.4, -0.2) is 4.98 Å². The molecule has 0 unspecified atom stereocenters. The maximum atomic E-state index is 5.87. The Morgan fingerprint density at radius 3 is 2.58 bits per heavy atom. The van der Waals surface area contributed by atoms with Crippen LogP contribution in [0.3, 0.4) is 0 Å². The Kier molecular flexibility index (Phi) is 2.23. The highest BCUT2D eigenvalue weighted by atomic mass is 127. The molecule has 0 radical (unpaired) electrons. The third-order valence-corrected chi connectivity index (χ3v) is 3.29. The van der Waals surface area contributed by atoms with Crippen molar-refractivity contribution in [3.63, 3.8) is 0 Å². The summed E-state index contributed by atoms with van der Waals surface area (Å²) in [6.45, 7) is 0. The van der Waals surface area contributed by atoms with Crippen molar-refractivity contribution in [3.8, 4) is 0 Å². The SMILES string of the molecule is Clc1cc2[nH]cc(I)c2cc1Cl. The van der Waals surface area contributed by atoms with Crippen LogP contribution in [0, 0.1) is 3.57 Å². The van der Waals surface area contributed by atoms with Gasteiger partial charge in [0, 0.05) is 20.7 Å². The van der Waals surface area contributed by atoms with Crippen molar-refractivity contribution < 1.29 is 0 Å². The second-order valence-corrected chi connectivity index (χ2v) is 4.43. The van der Waals surface area contributed by atoms with Gasteiger partial charge in [-0.3, -0.25) is 0 Å². The van der Waals surface area contributed by atoms with Gasteiger partial charge in [-0.25, -0.2) is 0 Å². The Balaban J connectivity index is 2.87. The van der Waals surface area contributed by atoms with E-state index in [-0.39, 0.29) is 0 Å².